The van der Waals surface area contributed by atoms with Crippen molar-refractivity contribution in [3.63, 3.8) is 0 Å². The van der Waals surface area contributed by atoms with E-state index in [1.54, 1.807) is 48.7 Å². The highest BCUT2D eigenvalue weighted by atomic mass is 32.6. The average Bonchev–Trinajstić information content (AvgIpc) is 3.70. The fourth-order valence-electron chi connectivity index (χ4n) is 7.21. The number of amides is 2. The fourth-order valence-corrected chi connectivity index (χ4v) is 7.21. The van der Waals surface area contributed by atoms with Crippen LogP contribution in [0.15, 0.2) is 0 Å². The van der Waals surface area contributed by atoms with Crippen LogP contribution in [0.2, 0.25) is 0 Å². The minimum atomic E-state index is -1.03. The first-order chi connectivity index (χ1) is 27.5. The predicted molar refractivity (Wildman–Crippen MR) is 223 cm³/mol. The number of aliphatic hydroxyl groups excluding tert-OH is 5. The van der Waals surface area contributed by atoms with Gasteiger partial charge in [-0.15, -0.1) is 0 Å². The number of hydrogen-bond donors (Lipinski definition) is 5. The van der Waals surface area contributed by atoms with Gasteiger partial charge in [0.05, 0.1) is 58.8 Å². The topological polar surface area (TPSA) is 241 Å². The number of ketones is 2. The number of methoxy groups -OCH3 is 1. The summed E-state index contributed by atoms with van der Waals surface area (Å²) in [5.41, 5.74) is -1.75. The Labute approximate surface area is 358 Å². The quantitative estimate of drug-likeness (QED) is 0.239. The number of carbonyl (C=O) groups is 4. The van der Waals surface area contributed by atoms with Crippen molar-refractivity contribution in [1.29, 1.82) is 1.28 Å². The lowest BCUT2D eigenvalue weighted by atomic mass is 9.93. The highest BCUT2D eigenvalue weighted by Gasteiger charge is 2.55. The number of hydrogen-bond acceptors (Lipinski definition) is 17. The molecule has 59 heavy (non-hydrogen) atoms. The van der Waals surface area contributed by atoms with Crippen molar-refractivity contribution < 1.29 is 77.9 Å². The standard InChI is InChI=1S/C18H29NO7.C15H25NO7.C5H12O2.H2P2S/c1-17(2,3)26-16(22)19-7-10-6-12-13(25-18(4,5)24-12)9-23-15(10)14(19)11(21)8-20;1-15(2,3)23-14(21)16-5-8-4-9(18)11(20)7-22-13(8)12(16)10(19)6-17;1-5(2,4-6)7-3;1-2-3/h10,12-15,20H,6-9H2,1-5H3;8-9,11-13,17-18,20H,4-7H2,1-3H3;6H,4H2,1-3H3;1H2/p+1/t10-,12+,13-,14+,15+;8-,9+,11-,12+,13+;;/m00../s1/i/hT. The molecule has 0 aromatic rings. The van der Waals surface area contributed by atoms with Gasteiger partial charge in [-0.3, -0.25) is 19.4 Å². The third kappa shape index (κ3) is 15.9. The highest BCUT2D eigenvalue weighted by Crippen LogP contribution is 2.40. The molecule has 5 saturated heterocycles. The van der Waals surface area contributed by atoms with Crippen molar-refractivity contribution >= 4 is 51.5 Å². The van der Waals surface area contributed by atoms with E-state index in [1.807, 2.05) is 27.7 Å². The van der Waals surface area contributed by atoms with Crippen LogP contribution in [0, 0.1) is 11.8 Å². The highest BCUT2D eigenvalue weighted by molar-refractivity contribution is 8.24. The van der Waals surface area contributed by atoms with Gasteiger partial charge in [-0.1, -0.05) is 0 Å². The number of rotatable bonds is 6. The molecule has 5 aliphatic heterocycles. The van der Waals surface area contributed by atoms with Gasteiger partial charge in [0.2, 0.25) is 0 Å². The summed E-state index contributed by atoms with van der Waals surface area (Å²) in [5.74, 6) is -2.06. The zero-order valence-corrected chi connectivity index (χ0v) is 39.1. The van der Waals surface area contributed by atoms with Gasteiger partial charge in [0.1, 0.15) is 48.7 Å². The Hall–Kier alpha value is -1.57. The Kier molecular flexibility index (Phi) is 19.9. The smallest absolute Gasteiger partial charge is 0.411 e. The fraction of sp³-hybridized carbons (Fsp3) is 0.895. The number of fused-ring (bicyclic) bond motifs is 3. The van der Waals surface area contributed by atoms with Gasteiger partial charge in [0, 0.05) is 32.0 Å². The Balaban J connectivity index is 0.000000333. The maximum absolute atomic E-state index is 12.6. The van der Waals surface area contributed by atoms with Crippen LogP contribution in [0.25, 0.3) is 0 Å². The average molecular weight is 906 g/mol. The second-order valence-electron chi connectivity index (χ2n) is 18.1. The molecule has 0 saturated carbocycles. The Bertz CT molecular complexity index is 1460. The van der Waals surface area contributed by atoms with Crippen LogP contribution < -0.4 is 0 Å². The summed E-state index contributed by atoms with van der Waals surface area (Å²) in [6, 6.07) is -1.83. The second-order valence-corrected chi connectivity index (χ2v) is 20.8. The molecule has 0 aromatic heterocycles. The van der Waals surface area contributed by atoms with Crippen LogP contribution in [-0.4, -0.2) is 185 Å². The molecule has 0 aliphatic carbocycles. The van der Waals surface area contributed by atoms with Crippen LogP contribution in [0.3, 0.4) is 0 Å². The molecule has 0 spiro atoms. The summed E-state index contributed by atoms with van der Waals surface area (Å²) in [6.45, 7) is 16.3. The van der Waals surface area contributed by atoms with E-state index in [4.69, 9.17) is 39.5 Å². The van der Waals surface area contributed by atoms with Crippen molar-refractivity contribution in [2.75, 3.05) is 53.2 Å². The Morgan fingerprint density at radius 3 is 1.56 bits per heavy atom. The van der Waals surface area contributed by atoms with Gasteiger partial charge < -0.3 is 58.7 Å². The lowest BCUT2D eigenvalue weighted by Gasteiger charge is -2.29. The number of aliphatic hydroxyl groups is 5. The summed E-state index contributed by atoms with van der Waals surface area (Å²) in [5, 5.41) is 46.7. The molecule has 0 aromatic carbocycles. The zero-order valence-electron chi connectivity index (χ0n) is 37.2. The van der Waals surface area contributed by atoms with E-state index in [1.165, 1.54) is 9.80 Å². The van der Waals surface area contributed by atoms with Crippen molar-refractivity contribution in [2.24, 2.45) is 11.8 Å². The van der Waals surface area contributed by atoms with Crippen LogP contribution in [0.1, 0.15) is 82.1 Å². The van der Waals surface area contributed by atoms with E-state index in [2.05, 4.69) is 20.7 Å². The van der Waals surface area contributed by atoms with E-state index in [0.717, 1.165) is 0 Å². The molecule has 5 N–H and O–H groups in total. The number of carbonyl (C=O) groups excluding carboxylic acids is 4. The van der Waals surface area contributed by atoms with E-state index >= 15 is 0 Å². The van der Waals surface area contributed by atoms with Crippen LogP contribution in [0.4, 0.5) is 9.59 Å². The van der Waals surface area contributed by atoms with Crippen molar-refractivity contribution in [2.45, 2.75) is 153 Å². The summed E-state index contributed by atoms with van der Waals surface area (Å²) in [7, 11) is 3.78. The molecule has 18 nitrogen and oxygen atoms in total. The predicted octanol–water partition coefficient (Wildman–Crippen LogP) is 1.71. The minimum Gasteiger partial charge on any atom is -0.444 e. The first-order valence-electron chi connectivity index (χ1n) is 20.0. The molecule has 5 rings (SSSR count). The van der Waals surface area contributed by atoms with Crippen molar-refractivity contribution in [1.82, 2.24) is 9.80 Å². The Morgan fingerprint density at radius 1 is 0.780 bits per heavy atom. The SMILES string of the molecule is CC(C)(C)OC(=O)N1C[C@@H]2C[C@@H](O)[C@@H](O)CO[C@H]2[C@H]1C(=O)CO.CC(C)(C)OC(=O)N1C[C@@H]2C[C@H]3OC(C)(C)O[C@H]3CO[C@H]2[C@H]1C(=O)CO.COC(C)(C)CO.[3H][P+](P)=S. The number of likely N-dealkylation sites (tertiary alicyclic amines) is 2. The lowest BCUT2D eigenvalue weighted by Crippen LogP contribution is -2.49. The molecular weight excluding hydrogens is 834 g/mol. The Morgan fingerprint density at radius 2 is 1.19 bits per heavy atom. The third-order valence-electron chi connectivity index (χ3n) is 9.97. The molecule has 21 heteroatoms. The summed E-state index contributed by atoms with van der Waals surface area (Å²) in [6.07, 6.45) is -3.92. The molecule has 2 amide bonds. The number of nitrogens with zero attached hydrogens (tertiary/aromatic N) is 2. The molecule has 5 heterocycles. The van der Waals surface area contributed by atoms with Crippen LogP contribution in [-0.2, 0) is 54.6 Å². The van der Waals surface area contributed by atoms with Gasteiger partial charge in [-0.2, -0.15) is 0 Å². The van der Waals surface area contributed by atoms with Gasteiger partial charge in [0.15, 0.2) is 36.2 Å². The van der Waals surface area contributed by atoms with Gasteiger partial charge in [0.25, 0.3) is 0 Å². The second kappa shape index (κ2) is 22.7. The first kappa shape index (κ1) is 51.8. The lowest BCUT2D eigenvalue weighted by molar-refractivity contribution is -0.160. The van der Waals surface area contributed by atoms with E-state index < -0.39 is 97.4 Å². The minimum absolute atomic E-state index is 0.0729. The summed E-state index contributed by atoms with van der Waals surface area (Å²) >= 11 is 4.31. The van der Waals surface area contributed by atoms with E-state index in [-0.39, 0.29) is 62.4 Å². The summed E-state index contributed by atoms with van der Waals surface area (Å²) < 4.78 is 45.4. The largest absolute Gasteiger partial charge is 0.444 e. The van der Waals surface area contributed by atoms with Crippen molar-refractivity contribution in [3.05, 3.63) is 0 Å². The monoisotopic (exact) mass is 905 g/mol. The molecule has 12 atom stereocenters. The van der Waals surface area contributed by atoms with Crippen LogP contribution >= 0.6 is 15.9 Å². The molecule has 5 aliphatic rings. The molecule has 2 unspecified atom stereocenters. The number of Topliss-reactive ketones (excluding diaryl/α,β-unsaturated/α-hetero) is 2. The third-order valence-corrected chi connectivity index (χ3v) is 9.97. The first-order valence-corrected chi connectivity index (χ1v) is 23.1. The maximum atomic E-state index is 12.6. The molecule has 0 radical (unpaired) electrons. The van der Waals surface area contributed by atoms with Gasteiger partial charge in [-0.25, -0.2) is 9.59 Å². The van der Waals surface area contributed by atoms with Crippen LogP contribution in [0.5, 0.6) is 0 Å². The number of ether oxygens (including phenoxy) is 7. The van der Waals surface area contributed by atoms with E-state index in [9.17, 15) is 39.6 Å². The molecule has 342 valence electrons. The van der Waals surface area contributed by atoms with Gasteiger partial charge in [-0.05, 0) is 82.1 Å². The molecular formula is C38H69N2O16P2S+. The zero-order chi connectivity index (χ0) is 46.1. The van der Waals surface area contributed by atoms with E-state index in [0.29, 0.717) is 13.0 Å². The molecule has 5 fully saturated rings. The summed E-state index contributed by atoms with van der Waals surface area (Å²) in [4.78, 5) is 52.1. The van der Waals surface area contributed by atoms with Gasteiger partial charge >= 0.3 is 13.5 Å². The molecule has 0 bridgehead atoms. The van der Waals surface area contributed by atoms with Crippen molar-refractivity contribution in [3.8, 4) is 0 Å². The normalized spacial score (nSPS) is 31.7. The maximum Gasteiger partial charge on any atom is 0.411 e.